The van der Waals surface area contributed by atoms with Gasteiger partial charge < -0.3 is 4.98 Å². The van der Waals surface area contributed by atoms with E-state index in [1.54, 1.807) is 23.9 Å². The lowest BCUT2D eigenvalue weighted by atomic mass is 10.1. The molecule has 0 atom stereocenters. The lowest BCUT2D eigenvalue weighted by Crippen LogP contribution is -2.35. The Bertz CT molecular complexity index is 999. The van der Waals surface area contributed by atoms with Crippen LogP contribution in [0.1, 0.15) is 16.8 Å². The van der Waals surface area contributed by atoms with E-state index in [0.717, 1.165) is 36.3 Å². The second-order valence-electron chi connectivity index (χ2n) is 6.66. The predicted molar refractivity (Wildman–Crippen MR) is 111 cm³/mol. The minimum absolute atomic E-state index is 0.0487. The number of fused-ring (bicyclic) bond motifs is 1. The van der Waals surface area contributed by atoms with Crippen LogP contribution in [0.2, 0.25) is 5.02 Å². The van der Waals surface area contributed by atoms with Crippen molar-refractivity contribution in [1.82, 2.24) is 14.9 Å². The van der Waals surface area contributed by atoms with Gasteiger partial charge in [0.15, 0.2) is 0 Å². The first kappa shape index (κ1) is 18.3. The molecule has 0 saturated heterocycles. The summed E-state index contributed by atoms with van der Waals surface area (Å²) in [6.45, 7) is 2.36. The van der Waals surface area contributed by atoms with Gasteiger partial charge in [-0.2, -0.15) is 0 Å². The van der Waals surface area contributed by atoms with Gasteiger partial charge in [0, 0.05) is 41.5 Å². The van der Waals surface area contributed by atoms with Crippen molar-refractivity contribution in [3.63, 3.8) is 0 Å². The molecule has 3 aromatic rings. The van der Waals surface area contributed by atoms with Crippen LogP contribution >= 0.6 is 23.4 Å². The van der Waals surface area contributed by atoms with E-state index in [2.05, 4.69) is 40.4 Å². The van der Waals surface area contributed by atoms with E-state index in [0.29, 0.717) is 17.4 Å². The molecule has 1 aliphatic heterocycles. The molecule has 0 saturated carbocycles. The number of nitrogens with one attached hydrogen (secondary N) is 1. The summed E-state index contributed by atoms with van der Waals surface area (Å²) in [5.41, 5.74) is 3.76. The standard InChI is InChI=1S/C21H20ClN3OS/c1-27-17-8-2-14(3-9-17)12-25-11-10-19-18(13-25)21(26)24-20(23-19)15-4-6-16(22)7-5-15/h2-9H,10-13H2,1H3,(H,23,24,26). The van der Waals surface area contributed by atoms with Gasteiger partial charge in [0.2, 0.25) is 0 Å². The molecule has 0 amide bonds. The van der Waals surface area contributed by atoms with Gasteiger partial charge in [-0.1, -0.05) is 23.7 Å². The zero-order valence-electron chi connectivity index (χ0n) is 15.0. The van der Waals surface area contributed by atoms with Gasteiger partial charge in [0.1, 0.15) is 5.82 Å². The van der Waals surface area contributed by atoms with Crippen LogP contribution in [0.15, 0.2) is 58.2 Å². The Labute approximate surface area is 167 Å². The van der Waals surface area contributed by atoms with Crippen LogP contribution in [0.25, 0.3) is 11.4 Å². The molecule has 2 heterocycles. The SMILES string of the molecule is CSc1ccc(CN2CCc3nc(-c4ccc(Cl)cc4)[nH]c(=O)c3C2)cc1. The number of aromatic amines is 1. The maximum atomic E-state index is 12.7. The van der Waals surface area contributed by atoms with Crippen LogP contribution in [0.3, 0.4) is 0 Å². The van der Waals surface area contributed by atoms with E-state index in [1.165, 1.54) is 10.5 Å². The van der Waals surface area contributed by atoms with Crippen molar-refractivity contribution in [3.8, 4) is 11.4 Å². The molecule has 138 valence electrons. The fraction of sp³-hybridized carbons (Fsp3) is 0.238. The van der Waals surface area contributed by atoms with Crippen LogP contribution in [0, 0.1) is 0 Å². The number of thioether (sulfide) groups is 1. The summed E-state index contributed by atoms with van der Waals surface area (Å²) in [6.07, 6.45) is 2.86. The molecule has 0 spiro atoms. The van der Waals surface area contributed by atoms with E-state index in [1.807, 2.05) is 12.1 Å². The summed E-state index contributed by atoms with van der Waals surface area (Å²) in [5.74, 6) is 0.608. The molecule has 1 aliphatic rings. The van der Waals surface area contributed by atoms with Crippen molar-refractivity contribution < 1.29 is 0 Å². The third-order valence-electron chi connectivity index (χ3n) is 4.83. The Morgan fingerprint density at radius 1 is 1.15 bits per heavy atom. The topological polar surface area (TPSA) is 49.0 Å². The molecule has 27 heavy (non-hydrogen) atoms. The molecule has 0 aliphatic carbocycles. The van der Waals surface area contributed by atoms with Gasteiger partial charge in [0.05, 0.1) is 11.3 Å². The van der Waals surface area contributed by atoms with Crippen LogP contribution in [-0.2, 0) is 19.5 Å². The largest absolute Gasteiger partial charge is 0.306 e. The minimum atomic E-state index is -0.0487. The zero-order valence-corrected chi connectivity index (χ0v) is 16.6. The monoisotopic (exact) mass is 397 g/mol. The van der Waals surface area contributed by atoms with Crippen LogP contribution in [0.4, 0.5) is 0 Å². The molecule has 0 fully saturated rings. The van der Waals surface area contributed by atoms with Crippen molar-refractivity contribution in [2.24, 2.45) is 0 Å². The highest BCUT2D eigenvalue weighted by molar-refractivity contribution is 7.98. The summed E-state index contributed by atoms with van der Waals surface area (Å²) in [5, 5.41) is 0.667. The smallest absolute Gasteiger partial charge is 0.255 e. The quantitative estimate of drug-likeness (QED) is 0.664. The third kappa shape index (κ3) is 4.10. The minimum Gasteiger partial charge on any atom is -0.306 e. The molecule has 4 nitrogen and oxygen atoms in total. The molecular weight excluding hydrogens is 378 g/mol. The van der Waals surface area contributed by atoms with Crippen molar-refractivity contribution in [2.75, 3.05) is 12.8 Å². The van der Waals surface area contributed by atoms with Crippen molar-refractivity contribution in [3.05, 3.63) is 80.7 Å². The Kier molecular flexibility index (Phi) is 5.34. The number of hydrogen-bond acceptors (Lipinski definition) is 4. The summed E-state index contributed by atoms with van der Waals surface area (Å²) >= 11 is 7.69. The Morgan fingerprint density at radius 3 is 2.59 bits per heavy atom. The average Bonchev–Trinajstić information content (AvgIpc) is 2.69. The Morgan fingerprint density at radius 2 is 1.89 bits per heavy atom. The summed E-state index contributed by atoms with van der Waals surface area (Å²) < 4.78 is 0. The normalized spacial score (nSPS) is 14.1. The number of H-pyrrole nitrogens is 1. The third-order valence-corrected chi connectivity index (χ3v) is 5.83. The molecule has 0 bridgehead atoms. The number of rotatable bonds is 4. The lowest BCUT2D eigenvalue weighted by molar-refractivity contribution is 0.242. The average molecular weight is 398 g/mol. The molecule has 1 N–H and O–H groups in total. The van der Waals surface area contributed by atoms with Gasteiger partial charge in [-0.3, -0.25) is 9.69 Å². The van der Waals surface area contributed by atoms with Crippen LogP contribution in [0.5, 0.6) is 0 Å². The van der Waals surface area contributed by atoms with E-state index < -0.39 is 0 Å². The zero-order chi connectivity index (χ0) is 18.8. The molecule has 1 aromatic heterocycles. The second-order valence-corrected chi connectivity index (χ2v) is 7.97. The second kappa shape index (κ2) is 7.89. The fourth-order valence-electron chi connectivity index (χ4n) is 3.35. The fourth-order valence-corrected chi connectivity index (χ4v) is 3.88. The van der Waals surface area contributed by atoms with Gasteiger partial charge in [0.25, 0.3) is 5.56 Å². The number of nitrogens with zero attached hydrogens (tertiary/aromatic N) is 2. The summed E-state index contributed by atoms with van der Waals surface area (Å²) in [4.78, 5) is 23.9. The first-order valence-corrected chi connectivity index (χ1v) is 10.5. The molecular formula is C21H20ClN3OS. The number of hydrogen-bond donors (Lipinski definition) is 1. The summed E-state index contributed by atoms with van der Waals surface area (Å²) in [7, 11) is 0. The highest BCUT2D eigenvalue weighted by Gasteiger charge is 2.21. The van der Waals surface area contributed by atoms with Crippen molar-refractivity contribution >= 4 is 23.4 Å². The predicted octanol–water partition coefficient (Wildman–Crippen LogP) is 4.37. The Balaban J connectivity index is 1.54. The molecule has 0 radical (unpaired) electrons. The van der Waals surface area contributed by atoms with E-state index in [9.17, 15) is 4.79 Å². The van der Waals surface area contributed by atoms with Crippen LogP contribution < -0.4 is 5.56 Å². The van der Waals surface area contributed by atoms with Crippen LogP contribution in [-0.4, -0.2) is 27.7 Å². The Hall–Kier alpha value is -2.08. The van der Waals surface area contributed by atoms with Gasteiger partial charge in [-0.15, -0.1) is 11.8 Å². The van der Waals surface area contributed by atoms with E-state index in [-0.39, 0.29) is 5.56 Å². The molecule has 0 unspecified atom stereocenters. The number of benzene rings is 2. The lowest BCUT2D eigenvalue weighted by Gasteiger charge is -2.27. The van der Waals surface area contributed by atoms with Crippen molar-refractivity contribution in [1.29, 1.82) is 0 Å². The number of halogens is 1. The van der Waals surface area contributed by atoms with Gasteiger partial charge in [-0.25, -0.2) is 4.98 Å². The van der Waals surface area contributed by atoms with Gasteiger partial charge >= 0.3 is 0 Å². The molecule has 2 aromatic carbocycles. The van der Waals surface area contributed by atoms with Gasteiger partial charge in [-0.05, 0) is 48.2 Å². The number of aromatic nitrogens is 2. The maximum Gasteiger partial charge on any atom is 0.255 e. The first-order chi connectivity index (χ1) is 13.1. The highest BCUT2D eigenvalue weighted by atomic mass is 35.5. The van der Waals surface area contributed by atoms with E-state index >= 15 is 0 Å². The molecule has 6 heteroatoms. The first-order valence-electron chi connectivity index (χ1n) is 8.85. The van der Waals surface area contributed by atoms with Crippen molar-refractivity contribution in [2.45, 2.75) is 24.4 Å². The summed E-state index contributed by atoms with van der Waals surface area (Å²) in [6, 6.07) is 16.0. The molecule has 4 rings (SSSR count). The van der Waals surface area contributed by atoms with E-state index in [4.69, 9.17) is 16.6 Å². The maximum absolute atomic E-state index is 12.7. The highest BCUT2D eigenvalue weighted by Crippen LogP contribution is 2.22.